The van der Waals surface area contributed by atoms with Gasteiger partial charge in [-0.2, -0.15) is 0 Å². The van der Waals surface area contributed by atoms with E-state index >= 15 is 0 Å². The maximum absolute atomic E-state index is 2.71. The maximum Gasteiger partial charge on any atom is 0 e. The Bertz CT molecular complexity index is 399. The Morgan fingerprint density at radius 3 is 2.32 bits per heavy atom. The molecule has 0 heterocycles. The fraction of sp³-hybridized carbons (Fsp3) is 0.955. The molecule has 4 aliphatic rings. The van der Waals surface area contributed by atoms with E-state index in [-0.39, 0.29) is 7.43 Å². The minimum Gasteiger partial charge on any atom is -0.0651 e. The van der Waals surface area contributed by atoms with E-state index in [9.17, 15) is 0 Å². The third-order valence-electron chi connectivity index (χ3n) is 9.27. The molecule has 4 rings (SSSR count). The normalized spacial score (nSPS) is 53.9. The molecule has 4 aliphatic carbocycles. The molecule has 4 saturated carbocycles. The predicted molar refractivity (Wildman–Crippen MR) is 93.4 cm³/mol. The second-order valence-corrected chi connectivity index (χ2v) is 9.63. The molecule has 0 N–H and O–H groups in total. The third-order valence-corrected chi connectivity index (χ3v) is 9.27. The summed E-state index contributed by atoms with van der Waals surface area (Å²) in [5.74, 6) is 5.39. The lowest BCUT2D eigenvalue weighted by Crippen LogP contribution is -2.52. The zero-order valence-electron chi connectivity index (χ0n) is 15.2. The van der Waals surface area contributed by atoms with Crippen LogP contribution in [-0.4, -0.2) is 0 Å². The SMILES string of the molecule is CC[C@H]1CC[C@H]2[C@@H]3CCC4CCCC[C@]4(C)[C@H]3CC[C@]12C.[C]. The third kappa shape index (κ3) is 2.15. The lowest BCUT2D eigenvalue weighted by atomic mass is 9.45. The van der Waals surface area contributed by atoms with Gasteiger partial charge in [0.05, 0.1) is 0 Å². The molecular weight excluding hydrogens is 264 g/mol. The molecule has 0 aromatic rings. The average Bonchev–Trinajstić information content (AvgIpc) is 2.83. The number of hydrogen-bond donors (Lipinski definition) is 0. The van der Waals surface area contributed by atoms with Crippen LogP contribution in [-0.2, 0) is 0 Å². The second-order valence-electron chi connectivity index (χ2n) is 9.63. The molecule has 0 aliphatic heterocycles. The van der Waals surface area contributed by atoms with Crippen LogP contribution in [0.3, 0.4) is 0 Å². The zero-order valence-corrected chi connectivity index (χ0v) is 15.2. The van der Waals surface area contributed by atoms with Crippen LogP contribution in [0.25, 0.3) is 0 Å². The Labute approximate surface area is 139 Å². The summed E-state index contributed by atoms with van der Waals surface area (Å²) in [7, 11) is 0. The fourth-order valence-electron chi connectivity index (χ4n) is 8.07. The average molecular weight is 301 g/mol. The van der Waals surface area contributed by atoms with Crippen molar-refractivity contribution in [3.05, 3.63) is 7.43 Å². The van der Waals surface area contributed by atoms with Crippen LogP contribution >= 0.6 is 0 Å². The molecule has 1 unspecified atom stereocenters. The molecule has 4 radical (unpaired) electrons. The van der Waals surface area contributed by atoms with Gasteiger partial charge in [0.2, 0.25) is 0 Å². The standard InChI is InChI=1S/C21H36.C/c1-4-15-9-11-18-17-10-8-16-7-5-6-13-20(16,2)19(17)12-14-21(15,18)3;/h15-19H,4-14H2,1-3H3;/t15-,16?,17-,18-,19-,20-,21+;/m0./s1. The van der Waals surface area contributed by atoms with Crippen LogP contribution in [0.2, 0.25) is 0 Å². The molecule has 4 fully saturated rings. The minimum absolute atomic E-state index is 0. The highest BCUT2D eigenvalue weighted by atomic mass is 14.6. The summed E-state index contributed by atoms with van der Waals surface area (Å²) in [4.78, 5) is 0. The molecule has 0 aromatic heterocycles. The van der Waals surface area contributed by atoms with Crippen LogP contribution in [0.5, 0.6) is 0 Å². The monoisotopic (exact) mass is 300 g/mol. The largest absolute Gasteiger partial charge is 0.0651 e. The van der Waals surface area contributed by atoms with Crippen LogP contribution in [0.1, 0.15) is 91.4 Å². The van der Waals surface area contributed by atoms with E-state index in [0.717, 1.165) is 35.0 Å². The zero-order chi connectivity index (χ0) is 14.7. The summed E-state index contributed by atoms with van der Waals surface area (Å²) in [6.07, 6.45) is 17.0. The first-order valence-corrected chi connectivity index (χ1v) is 10.1. The van der Waals surface area contributed by atoms with Gasteiger partial charge >= 0.3 is 0 Å². The Morgan fingerprint density at radius 2 is 1.55 bits per heavy atom. The highest BCUT2D eigenvalue weighted by Gasteiger charge is 2.59. The second kappa shape index (κ2) is 5.82. The van der Waals surface area contributed by atoms with Crippen molar-refractivity contribution in [3.8, 4) is 0 Å². The van der Waals surface area contributed by atoms with Gasteiger partial charge in [0, 0.05) is 7.43 Å². The van der Waals surface area contributed by atoms with Crippen molar-refractivity contribution in [1.29, 1.82) is 0 Å². The van der Waals surface area contributed by atoms with Gasteiger partial charge in [-0.15, -0.1) is 0 Å². The first-order valence-electron chi connectivity index (χ1n) is 10.1. The molecule has 0 aromatic carbocycles. The van der Waals surface area contributed by atoms with Gasteiger partial charge in [-0.1, -0.05) is 40.0 Å². The topological polar surface area (TPSA) is 0 Å². The Hall–Kier alpha value is 0. The summed E-state index contributed by atoms with van der Waals surface area (Å²) in [5, 5.41) is 0. The van der Waals surface area contributed by atoms with E-state index in [4.69, 9.17) is 0 Å². The first kappa shape index (κ1) is 16.8. The van der Waals surface area contributed by atoms with Gasteiger partial charge in [0.1, 0.15) is 0 Å². The quantitative estimate of drug-likeness (QED) is 0.516. The van der Waals surface area contributed by atoms with Crippen molar-refractivity contribution in [2.75, 3.05) is 0 Å². The molecule has 0 spiro atoms. The van der Waals surface area contributed by atoms with Gasteiger partial charge in [-0.25, -0.2) is 0 Å². The fourth-order valence-corrected chi connectivity index (χ4v) is 8.07. The molecule has 0 heteroatoms. The van der Waals surface area contributed by atoms with Crippen molar-refractivity contribution < 1.29 is 0 Å². The van der Waals surface area contributed by atoms with Crippen molar-refractivity contribution in [2.45, 2.75) is 91.4 Å². The Morgan fingerprint density at radius 1 is 0.773 bits per heavy atom. The summed E-state index contributed by atoms with van der Waals surface area (Å²) >= 11 is 0. The van der Waals surface area contributed by atoms with E-state index in [1.54, 1.807) is 51.4 Å². The maximum atomic E-state index is 2.71. The van der Waals surface area contributed by atoms with Crippen LogP contribution in [0.4, 0.5) is 0 Å². The van der Waals surface area contributed by atoms with Gasteiger partial charge in [-0.05, 0) is 91.8 Å². The summed E-state index contributed by atoms with van der Waals surface area (Å²) < 4.78 is 0. The highest BCUT2D eigenvalue weighted by Crippen LogP contribution is 2.67. The lowest BCUT2D eigenvalue weighted by molar-refractivity contribution is -0.110. The molecule has 0 bridgehead atoms. The van der Waals surface area contributed by atoms with E-state index in [1.807, 2.05) is 0 Å². The van der Waals surface area contributed by atoms with Crippen LogP contribution in [0, 0.1) is 47.8 Å². The van der Waals surface area contributed by atoms with Crippen molar-refractivity contribution in [2.24, 2.45) is 40.4 Å². The predicted octanol–water partition coefficient (Wildman–Crippen LogP) is 6.53. The first-order chi connectivity index (χ1) is 10.1. The van der Waals surface area contributed by atoms with Gasteiger partial charge in [-0.3, -0.25) is 0 Å². The molecule has 0 saturated heterocycles. The summed E-state index contributed by atoms with van der Waals surface area (Å²) in [6.45, 7) is 7.84. The number of fused-ring (bicyclic) bond motifs is 5. The Kier molecular flexibility index (Phi) is 4.45. The summed E-state index contributed by atoms with van der Waals surface area (Å²) in [6, 6.07) is 0. The molecule has 22 heavy (non-hydrogen) atoms. The summed E-state index contributed by atoms with van der Waals surface area (Å²) in [5.41, 5.74) is 1.45. The lowest BCUT2D eigenvalue weighted by Gasteiger charge is -2.60. The molecule has 0 amide bonds. The van der Waals surface area contributed by atoms with Gasteiger partial charge in [0.15, 0.2) is 0 Å². The van der Waals surface area contributed by atoms with Crippen LogP contribution in [0.15, 0.2) is 0 Å². The van der Waals surface area contributed by atoms with E-state index in [1.165, 1.54) is 19.3 Å². The number of rotatable bonds is 1. The van der Waals surface area contributed by atoms with Crippen molar-refractivity contribution in [3.63, 3.8) is 0 Å². The molecular formula is C22H36. The molecule has 124 valence electrons. The smallest absolute Gasteiger partial charge is 0 e. The minimum atomic E-state index is 0. The molecule has 0 nitrogen and oxygen atoms in total. The number of hydrogen-bond acceptors (Lipinski definition) is 0. The van der Waals surface area contributed by atoms with Crippen LogP contribution < -0.4 is 0 Å². The Balaban J connectivity index is 0.00000144. The highest BCUT2D eigenvalue weighted by molar-refractivity contribution is 5.08. The van der Waals surface area contributed by atoms with Crippen molar-refractivity contribution in [1.82, 2.24) is 0 Å². The van der Waals surface area contributed by atoms with Gasteiger partial charge in [0.25, 0.3) is 0 Å². The van der Waals surface area contributed by atoms with E-state index < -0.39 is 0 Å². The van der Waals surface area contributed by atoms with Gasteiger partial charge < -0.3 is 0 Å². The molecule has 7 atom stereocenters. The van der Waals surface area contributed by atoms with E-state index in [2.05, 4.69) is 20.8 Å². The van der Waals surface area contributed by atoms with E-state index in [0.29, 0.717) is 5.41 Å². The van der Waals surface area contributed by atoms with Crippen molar-refractivity contribution >= 4 is 0 Å².